The number of furan rings is 1. The van der Waals surface area contributed by atoms with Gasteiger partial charge in [-0.3, -0.25) is 0 Å². The highest BCUT2D eigenvalue weighted by molar-refractivity contribution is 6.58. The Kier molecular flexibility index (Phi) is 2.57. The molecule has 0 radical (unpaired) electrons. The van der Waals surface area contributed by atoms with Crippen molar-refractivity contribution in [3.05, 3.63) is 42.4 Å². The van der Waals surface area contributed by atoms with Gasteiger partial charge in [0.1, 0.15) is 11.6 Å². The van der Waals surface area contributed by atoms with Crippen LogP contribution in [0.3, 0.4) is 0 Å². The lowest BCUT2D eigenvalue weighted by atomic mass is 9.79. The zero-order valence-corrected chi connectivity index (χ0v) is 7.72. The van der Waals surface area contributed by atoms with Crippen molar-refractivity contribution >= 4 is 12.6 Å². The lowest BCUT2D eigenvalue weighted by Gasteiger charge is -2.03. The third-order valence-electron chi connectivity index (χ3n) is 2.02. The smallest absolute Gasteiger partial charge is 0.464 e. The second-order valence-electron chi connectivity index (χ2n) is 3.12. The van der Waals surface area contributed by atoms with E-state index >= 15 is 0 Å². The maximum absolute atomic E-state index is 13.1. The topological polar surface area (TPSA) is 53.6 Å². The minimum atomic E-state index is -1.69. The molecule has 0 spiro atoms. The molecule has 1 heterocycles. The first-order valence-corrected chi connectivity index (χ1v) is 4.37. The van der Waals surface area contributed by atoms with Gasteiger partial charge < -0.3 is 14.5 Å². The van der Waals surface area contributed by atoms with Crippen LogP contribution in [0, 0.1) is 5.82 Å². The number of halogens is 1. The summed E-state index contributed by atoms with van der Waals surface area (Å²) in [6.07, 6.45) is 1.47. The van der Waals surface area contributed by atoms with Crippen LogP contribution in [0.4, 0.5) is 4.39 Å². The maximum atomic E-state index is 13.1. The Hall–Kier alpha value is -1.59. The zero-order chi connectivity index (χ0) is 10.8. The molecule has 76 valence electrons. The van der Waals surface area contributed by atoms with Crippen LogP contribution < -0.4 is 5.46 Å². The Bertz CT molecular complexity index is 454. The van der Waals surface area contributed by atoms with E-state index in [9.17, 15) is 4.39 Å². The highest BCUT2D eigenvalue weighted by atomic mass is 19.1. The summed E-state index contributed by atoms with van der Waals surface area (Å²) in [5.41, 5.74) is 0.574. The number of hydrogen-bond acceptors (Lipinski definition) is 3. The lowest BCUT2D eigenvalue weighted by Crippen LogP contribution is -2.30. The zero-order valence-electron chi connectivity index (χ0n) is 7.72. The van der Waals surface area contributed by atoms with Crippen molar-refractivity contribution in [3.63, 3.8) is 0 Å². The van der Waals surface area contributed by atoms with Crippen molar-refractivity contribution in [2.45, 2.75) is 0 Å². The molecule has 0 fully saturated rings. The summed E-state index contributed by atoms with van der Waals surface area (Å²) in [5, 5.41) is 17.9. The molecule has 15 heavy (non-hydrogen) atoms. The summed E-state index contributed by atoms with van der Waals surface area (Å²) in [5.74, 6) is -0.0524. The minimum Gasteiger partial charge on any atom is -0.464 e. The molecule has 0 atom stereocenters. The standard InChI is InChI=1S/C10H8BFO3/c12-9-5-7(10-2-1-3-15-10)4-8(6-9)11(13)14/h1-6,13-14H. The molecule has 5 heteroatoms. The van der Waals surface area contributed by atoms with Crippen LogP contribution in [0.25, 0.3) is 11.3 Å². The first kappa shape index (κ1) is 9.95. The van der Waals surface area contributed by atoms with Crippen LogP contribution in [-0.4, -0.2) is 17.2 Å². The van der Waals surface area contributed by atoms with Crippen molar-refractivity contribution in [1.82, 2.24) is 0 Å². The van der Waals surface area contributed by atoms with Crippen molar-refractivity contribution in [2.75, 3.05) is 0 Å². The van der Waals surface area contributed by atoms with E-state index in [0.717, 1.165) is 6.07 Å². The highest BCUT2D eigenvalue weighted by Gasteiger charge is 2.14. The van der Waals surface area contributed by atoms with E-state index in [1.165, 1.54) is 18.4 Å². The predicted molar refractivity (Wildman–Crippen MR) is 53.9 cm³/mol. The SMILES string of the molecule is OB(O)c1cc(F)cc(-c2ccco2)c1. The van der Waals surface area contributed by atoms with E-state index in [1.807, 2.05) is 0 Å². The van der Waals surface area contributed by atoms with Crippen LogP contribution in [0.15, 0.2) is 41.0 Å². The van der Waals surface area contributed by atoms with Crippen LogP contribution in [0.5, 0.6) is 0 Å². The first-order valence-electron chi connectivity index (χ1n) is 4.37. The van der Waals surface area contributed by atoms with Crippen molar-refractivity contribution < 1.29 is 18.9 Å². The Morgan fingerprint density at radius 1 is 1.20 bits per heavy atom. The van der Waals surface area contributed by atoms with Gasteiger partial charge >= 0.3 is 7.12 Å². The van der Waals surface area contributed by atoms with Gasteiger partial charge in [-0.2, -0.15) is 0 Å². The number of hydrogen-bond donors (Lipinski definition) is 2. The Balaban J connectivity index is 2.49. The second kappa shape index (κ2) is 3.88. The average molecular weight is 206 g/mol. The first-order chi connectivity index (χ1) is 7.16. The van der Waals surface area contributed by atoms with Gasteiger partial charge in [0, 0.05) is 5.56 Å². The van der Waals surface area contributed by atoms with Crippen LogP contribution >= 0.6 is 0 Å². The van der Waals surface area contributed by atoms with E-state index < -0.39 is 12.9 Å². The fourth-order valence-electron chi connectivity index (χ4n) is 1.35. The molecule has 0 bridgehead atoms. The fraction of sp³-hybridized carbons (Fsp3) is 0. The Labute approximate surface area is 85.9 Å². The molecule has 2 aromatic rings. The normalized spacial score (nSPS) is 10.3. The summed E-state index contributed by atoms with van der Waals surface area (Å²) in [7, 11) is -1.69. The molecule has 0 aliphatic rings. The van der Waals surface area contributed by atoms with E-state index in [-0.39, 0.29) is 5.46 Å². The van der Waals surface area contributed by atoms with Crippen molar-refractivity contribution in [1.29, 1.82) is 0 Å². The molecule has 1 aromatic heterocycles. The van der Waals surface area contributed by atoms with Gasteiger partial charge in [-0.1, -0.05) is 6.07 Å². The third kappa shape index (κ3) is 2.08. The van der Waals surface area contributed by atoms with Gasteiger partial charge in [0.2, 0.25) is 0 Å². The number of benzene rings is 1. The fourth-order valence-corrected chi connectivity index (χ4v) is 1.35. The quantitative estimate of drug-likeness (QED) is 0.713. The Morgan fingerprint density at radius 3 is 2.60 bits per heavy atom. The molecule has 2 N–H and O–H groups in total. The molecule has 1 aromatic carbocycles. The van der Waals surface area contributed by atoms with E-state index in [4.69, 9.17) is 14.5 Å². The number of rotatable bonds is 2. The summed E-state index contributed by atoms with van der Waals surface area (Å²) in [4.78, 5) is 0. The van der Waals surface area contributed by atoms with Crippen molar-refractivity contribution in [2.24, 2.45) is 0 Å². The third-order valence-corrected chi connectivity index (χ3v) is 2.02. The summed E-state index contributed by atoms with van der Waals surface area (Å²) >= 11 is 0. The summed E-state index contributed by atoms with van der Waals surface area (Å²) < 4.78 is 18.2. The van der Waals surface area contributed by atoms with Crippen LogP contribution in [0.1, 0.15) is 0 Å². The van der Waals surface area contributed by atoms with Crippen molar-refractivity contribution in [3.8, 4) is 11.3 Å². The molecule has 3 nitrogen and oxygen atoms in total. The molecule has 0 amide bonds. The average Bonchev–Trinajstić information content (AvgIpc) is 2.69. The molecule has 0 unspecified atom stereocenters. The lowest BCUT2D eigenvalue weighted by molar-refractivity contribution is 0.425. The second-order valence-corrected chi connectivity index (χ2v) is 3.12. The van der Waals surface area contributed by atoms with Gasteiger partial charge in [0.25, 0.3) is 0 Å². The van der Waals surface area contributed by atoms with Gasteiger partial charge in [-0.05, 0) is 29.7 Å². The van der Waals surface area contributed by atoms with Gasteiger partial charge in [-0.25, -0.2) is 4.39 Å². The largest absolute Gasteiger partial charge is 0.488 e. The van der Waals surface area contributed by atoms with Gasteiger partial charge in [0.05, 0.1) is 6.26 Å². The molecule has 2 rings (SSSR count). The molecule has 0 saturated carbocycles. The molecular formula is C10H8BFO3. The maximum Gasteiger partial charge on any atom is 0.488 e. The highest BCUT2D eigenvalue weighted by Crippen LogP contribution is 2.19. The van der Waals surface area contributed by atoms with Crippen LogP contribution in [-0.2, 0) is 0 Å². The van der Waals surface area contributed by atoms with E-state index in [2.05, 4.69) is 0 Å². The monoisotopic (exact) mass is 206 g/mol. The van der Waals surface area contributed by atoms with Gasteiger partial charge in [0.15, 0.2) is 0 Å². The molecule has 0 aliphatic carbocycles. The predicted octanol–water partition coefficient (Wildman–Crippen LogP) is 0.765. The Morgan fingerprint density at radius 2 is 2.00 bits per heavy atom. The van der Waals surface area contributed by atoms with Crippen LogP contribution in [0.2, 0.25) is 0 Å². The molecule has 0 saturated heterocycles. The summed E-state index contributed by atoms with van der Waals surface area (Å²) in [6.45, 7) is 0. The molecular weight excluding hydrogens is 198 g/mol. The van der Waals surface area contributed by atoms with Gasteiger partial charge in [-0.15, -0.1) is 0 Å². The van der Waals surface area contributed by atoms with E-state index in [1.54, 1.807) is 12.1 Å². The minimum absolute atomic E-state index is 0.0985. The van der Waals surface area contributed by atoms with E-state index in [0.29, 0.717) is 11.3 Å². The molecule has 0 aliphatic heterocycles. The summed E-state index contributed by atoms with van der Waals surface area (Å²) in [6, 6.07) is 7.14.